The standard InChI is InChI=1S/C22H24Cl2N6O2/c1-15-17(13-25-30(15)20-6-7-21(31)27-26-20)22(32)29(11-10-28-8-2-3-9-28)14-16-4-5-18(23)19(24)12-16/h4-7,12-13H,2-3,8-11,14H2,1H3,(H,27,31). The Morgan fingerprint density at radius 1 is 1.16 bits per heavy atom. The lowest BCUT2D eigenvalue weighted by Crippen LogP contribution is -2.37. The zero-order valence-corrected chi connectivity index (χ0v) is 19.2. The van der Waals surface area contributed by atoms with Gasteiger partial charge in [0, 0.05) is 25.7 Å². The average Bonchev–Trinajstić information content (AvgIpc) is 3.43. The van der Waals surface area contributed by atoms with Gasteiger partial charge in [-0.25, -0.2) is 9.78 Å². The summed E-state index contributed by atoms with van der Waals surface area (Å²) < 4.78 is 1.54. The van der Waals surface area contributed by atoms with Gasteiger partial charge in [-0.1, -0.05) is 29.3 Å². The van der Waals surface area contributed by atoms with Crippen LogP contribution in [0.2, 0.25) is 10.0 Å². The summed E-state index contributed by atoms with van der Waals surface area (Å²) in [5, 5.41) is 11.7. The SMILES string of the molecule is Cc1c(C(=O)N(CCN2CCCC2)Cc2ccc(Cl)c(Cl)c2)cnn1-c1ccc(=O)[nH]n1. The number of benzene rings is 1. The maximum Gasteiger partial charge on any atom is 0.264 e. The van der Waals surface area contributed by atoms with Crippen molar-refractivity contribution < 1.29 is 4.79 Å². The molecular weight excluding hydrogens is 451 g/mol. The van der Waals surface area contributed by atoms with Crippen molar-refractivity contribution in [1.29, 1.82) is 0 Å². The number of nitrogens with zero attached hydrogens (tertiary/aromatic N) is 5. The number of amides is 1. The smallest absolute Gasteiger partial charge is 0.264 e. The maximum absolute atomic E-state index is 13.5. The van der Waals surface area contributed by atoms with E-state index in [1.54, 1.807) is 29.1 Å². The minimum absolute atomic E-state index is 0.122. The molecule has 1 aliphatic rings. The van der Waals surface area contributed by atoms with Crippen LogP contribution in [0.3, 0.4) is 0 Å². The molecule has 1 saturated heterocycles. The van der Waals surface area contributed by atoms with Crippen LogP contribution in [0.4, 0.5) is 0 Å². The Balaban J connectivity index is 1.59. The van der Waals surface area contributed by atoms with Crippen LogP contribution in [0.25, 0.3) is 5.82 Å². The highest BCUT2D eigenvalue weighted by atomic mass is 35.5. The second kappa shape index (κ2) is 9.85. The van der Waals surface area contributed by atoms with E-state index in [9.17, 15) is 9.59 Å². The van der Waals surface area contributed by atoms with Crippen molar-refractivity contribution >= 4 is 29.1 Å². The minimum Gasteiger partial charge on any atom is -0.333 e. The van der Waals surface area contributed by atoms with Crippen molar-refractivity contribution in [2.24, 2.45) is 0 Å². The molecule has 0 radical (unpaired) electrons. The lowest BCUT2D eigenvalue weighted by molar-refractivity contribution is 0.0726. The van der Waals surface area contributed by atoms with Crippen LogP contribution in [-0.4, -0.2) is 61.9 Å². The lowest BCUT2D eigenvalue weighted by Gasteiger charge is -2.26. The molecule has 1 aliphatic heterocycles. The van der Waals surface area contributed by atoms with Crippen molar-refractivity contribution in [3.8, 4) is 5.82 Å². The van der Waals surface area contributed by atoms with Crippen LogP contribution >= 0.6 is 23.2 Å². The normalized spacial score (nSPS) is 14.1. The lowest BCUT2D eigenvalue weighted by atomic mass is 10.1. The van der Waals surface area contributed by atoms with Crippen LogP contribution in [0.15, 0.2) is 41.3 Å². The first kappa shape index (κ1) is 22.5. The minimum atomic E-state index is -0.301. The van der Waals surface area contributed by atoms with Crippen LogP contribution in [-0.2, 0) is 6.54 Å². The largest absolute Gasteiger partial charge is 0.333 e. The van der Waals surface area contributed by atoms with Gasteiger partial charge in [0.1, 0.15) is 0 Å². The molecule has 8 nitrogen and oxygen atoms in total. The summed E-state index contributed by atoms with van der Waals surface area (Å²) in [5.74, 6) is 0.317. The van der Waals surface area contributed by atoms with E-state index in [1.165, 1.54) is 18.9 Å². The first-order valence-corrected chi connectivity index (χ1v) is 11.2. The number of hydrogen-bond acceptors (Lipinski definition) is 5. The molecule has 0 unspecified atom stereocenters. The zero-order chi connectivity index (χ0) is 22.7. The Labute approximate surface area is 195 Å². The molecule has 0 atom stereocenters. The fourth-order valence-corrected chi connectivity index (χ4v) is 4.18. The fraction of sp³-hybridized carbons (Fsp3) is 0.364. The molecule has 1 amide bonds. The number of hydrogen-bond donors (Lipinski definition) is 1. The van der Waals surface area contributed by atoms with Crippen molar-refractivity contribution in [2.45, 2.75) is 26.3 Å². The molecular formula is C22H24Cl2N6O2. The van der Waals surface area contributed by atoms with Crippen LogP contribution in [0.5, 0.6) is 0 Å². The molecule has 10 heteroatoms. The van der Waals surface area contributed by atoms with E-state index in [-0.39, 0.29) is 11.5 Å². The van der Waals surface area contributed by atoms with Gasteiger partial charge in [-0.15, -0.1) is 0 Å². The molecule has 1 fully saturated rings. The average molecular weight is 475 g/mol. The van der Waals surface area contributed by atoms with Gasteiger partial charge < -0.3 is 9.80 Å². The summed E-state index contributed by atoms with van der Waals surface area (Å²) in [6.45, 7) is 5.73. The summed E-state index contributed by atoms with van der Waals surface area (Å²) in [4.78, 5) is 29.0. The van der Waals surface area contributed by atoms with Crippen molar-refractivity contribution in [2.75, 3.05) is 26.2 Å². The molecule has 3 heterocycles. The predicted molar refractivity (Wildman–Crippen MR) is 124 cm³/mol. The number of nitrogens with one attached hydrogen (secondary N) is 1. The quantitative estimate of drug-likeness (QED) is 0.567. The molecule has 0 aliphatic carbocycles. The first-order valence-electron chi connectivity index (χ1n) is 10.5. The highest BCUT2D eigenvalue weighted by molar-refractivity contribution is 6.42. The summed E-state index contributed by atoms with van der Waals surface area (Å²) in [6, 6.07) is 8.35. The molecule has 1 N–H and O–H groups in total. The first-order chi connectivity index (χ1) is 15.4. The van der Waals surface area contributed by atoms with Crippen molar-refractivity contribution in [1.82, 2.24) is 29.8 Å². The number of aromatic nitrogens is 4. The second-order valence-electron chi connectivity index (χ2n) is 7.86. The molecule has 2 aromatic heterocycles. The third kappa shape index (κ3) is 5.03. The Hall–Kier alpha value is -2.68. The van der Waals surface area contributed by atoms with Gasteiger partial charge in [-0.05, 0) is 56.6 Å². The maximum atomic E-state index is 13.5. The monoisotopic (exact) mass is 474 g/mol. The van der Waals surface area contributed by atoms with E-state index in [1.807, 2.05) is 17.9 Å². The van der Waals surface area contributed by atoms with E-state index < -0.39 is 0 Å². The molecule has 1 aromatic carbocycles. The predicted octanol–water partition coefficient (Wildman–Crippen LogP) is 3.31. The highest BCUT2D eigenvalue weighted by Crippen LogP contribution is 2.24. The summed E-state index contributed by atoms with van der Waals surface area (Å²) in [7, 11) is 0. The van der Waals surface area contributed by atoms with Gasteiger partial charge in [0.05, 0.1) is 27.5 Å². The third-order valence-electron chi connectivity index (χ3n) is 5.65. The van der Waals surface area contributed by atoms with E-state index in [0.29, 0.717) is 40.2 Å². The number of rotatable bonds is 7. The topological polar surface area (TPSA) is 87.1 Å². The summed E-state index contributed by atoms with van der Waals surface area (Å²) >= 11 is 12.2. The Morgan fingerprint density at radius 2 is 1.94 bits per heavy atom. The number of carbonyl (C=O) groups is 1. The van der Waals surface area contributed by atoms with Crippen molar-refractivity contribution in [3.63, 3.8) is 0 Å². The second-order valence-corrected chi connectivity index (χ2v) is 8.67. The van der Waals surface area contributed by atoms with Gasteiger partial charge >= 0.3 is 0 Å². The number of H-pyrrole nitrogens is 1. The number of carbonyl (C=O) groups excluding carboxylic acids is 1. The zero-order valence-electron chi connectivity index (χ0n) is 17.7. The van der Waals surface area contributed by atoms with Crippen molar-refractivity contribution in [3.05, 3.63) is 73.7 Å². The molecule has 3 aromatic rings. The Bertz CT molecular complexity index is 1150. The van der Waals surface area contributed by atoms with Crippen LogP contribution < -0.4 is 5.56 Å². The molecule has 32 heavy (non-hydrogen) atoms. The number of aromatic amines is 1. The van der Waals surface area contributed by atoms with E-state index >= 15 is 0 Å². The van der Waals surface area contributed by atoms with Gasteiger partial charge in [0.2, 0.25) is 0 Å². The third-order valence-corrected chi connectivity index (χ3v) is 6.39. The number of halogens is 2. The molecule has 0 spiro atoms. The van der Waals surface area contributed by atoms with Crippen LogP contribution in [0.1, 0.15) is 34.5 Å². The molecule has 0 saturated carbocycles. The molecule has 4 rings (SSSR count). The van der Waals surface area contributed by atoms with Gasteiger partial charge in [0.25, 0.3) is 11.5 Å². The van der Waals surface area contributed by atoms with E-state index in [2.05, 4.69) is 20.2 Å². The summed E-state index contributed by atoms with van der Waals surface area (Å²) in [5.41, 5.74) is 1.74. The van der Waals surface area contributed by atoms with Gasteiger partial charge in [-0.3, -0.25) is 9.59 Å². The highest BCUT2D eigenvalue weighted by Gasteiger charge is 2.23. The Morgan fingerprint density at radius 3 is 2.62 bits per heavy atom. The molecule has 168 valence electrons. The molecule has 0 bridgehead atoms. The van der Waals surface area contributed by atoms with Gasteiger partial charge in [-0.2, -0.15) is 10.2 Å². The van der Waals surface area contributed by atoms with E-state index in [0.717, 1.165) is 25.2 Å². The van der Waals surface area contributed by atoms with E-state index in [4.69, 9.17) is 23.2 Å². The Kier molecular flexibility index (Phi) is 6.93. The summed E-state index contributed by atoms with van der Waals surface area (Å²) in [6.07, 6.45) is 3.93. The fourth-order valence-electron chi connectivity index (χ4n) is 3.86. The van der Waals surface area contributed by atoms with Gasteiger partial charge in [0.15, 0.2) is 5.82 Å². The number of likely N-dealkylation sites (tertiary alicyclic amines) is 1. The van der Waals surface area contributed by atoms with Crippen LogP contribution in [0, 0.1) is 6.92 Å².